The van der Waals surface area contributed by atoms with E-state index >= 15 is 0 Å². The van der Waals surface area contributed by atoms with E-state index in [1.54, 1.807) is 6.07 Å². The Balaban J connectivity index is 2.28. The molecule has 2 atom stereocenters. The smallest absolute Gasteiger partial charge is 0.103 e. The maximum Gasteiger partial charge on any atom is 0.103 e. The van der Waals surface area contributed by atoms with E-state index in [0.717, 1.165) is 24.9 Å². The van der Waals surface area contributed by atoms with Gasteiger partial charge in [-0.15, -0.1) is 0 Å². The van der Waals surface area contributed by atoms with Crippen LogP contribution in [0.4, 0.5) is 5.69 Å². The molecule has 0 radical (unpaired) electrons. The molecule has 1 aliphatic carbocycles. The molecular formula is C15H19ClN2O. The largest absolute Gasteiger partial charge is 0.394 e. The summed E-state index contributed by atoms with van der Waals surface area (Å²) < 4.78 is 0. The minimum absolute atomic E-state index is 0.0781. The number of hydrogen-bond donors (Lipinski definition) is 2. The van der Waals surface area contributed by atoms with Crippen LogP contribution in [0.15, 0.2) is 18.2 Å². The van der Waals surface area contributed by atoms with Gasteiger partial charge >= 0.3 is 0 Å². The van der Waals surface area contributed by atoms with Crippen molar-refractivity contribution in [1.82, 2.24) is 0 Å². The normalized spacial score (nSPS) is 26.7. The molecule has 2 unspecified atom stereocenters. The summed E-state index contributed by atoms with van der Waals surface area (Å²) in [4.78, 5) is 0. The van der Waals surface area contributed by atoms with Crippen molar-refractivity contribution in [3.05, 3.63) is 28.8 Å². The number of hydrogen-bond acceptors (Lipinski definition) is 3. The van der Waals surface area contributed by atoms with Gasteiger partial charge in [0.1, 0.15) is 6.07 Å². The highest BCUT2D eigenvalue weighted by molar-refractivity contribution is 6.32. The molecule has 1 fully saturated rings. The predicted octanol–water partition coefficient (Wildman–Crippen LogP) is 3.56. The molecule has 0 aliphatic heterocycles. The van der Waals surface area contributed by atoms with E-state index in [9.17, 15) is 10.4 Å². The summed E-state index contributed by atoms with van der Waals surface area (Å²) in [6.07, 6.45) is 4.13. The summed E-state index contributed by atoms with van der Waals surface area (Å²) in [7, 11) is 0. The van der Waals surface area contributed by atoms with Gasteiger partial charge in [0, 0.05) is 0 Å². The average molecular weight is 279 g/mol. The van der Waals surface area contributed by atoms with Gasteiger partial charge in [0.15, 0.2) is 0 Å². The number of nitriles is 1. The summed E-state index contributed by atoms with van der Waals surface area (Å²) in [5.41, 5.74) is 0.849. The van der Waals surface area contributed by atoms with Crippen molar-refractivity contribution >= 4 is 17.3 Å². The molecule has 0 amide bonds. The monoisotopic (exact) mass is 278 g/mol. The summed E-state index contributed by atoms with van der Waals surface area (Å²) in [6, 6.07) is 7.51. The Morgan fingerprint density at radius 2 is 2.37 bits per heavy atom. The highest BCUT2D eigenvalue weighted by atomic mass is 35.5. The van der Waals surface area contributed by atoms with E-state index in [1.165, 1.54) is 6.42 Å². The third-order valence-electron chi connectivity index (χ3n) is 3.92. The zero-order valence-corrected chi connectivity index (χ0v) is 11.9. The van der Waals surface area contributed by atoms with Crippen LogP contribution in [-0.2, 0) is 0 Å². The number of anilines is 1. The fourth-order valence-electron chi connectivity index (χ4n) is 2.98. The van der Waals surface area contributed by atoms with Crippen LogP contribution >= 0.6 is 11.6 Å². The van der Waals surface area contributed by atoms with E-state index in [-0.39, 0.29) is 12.1 Å². The third-order valence-corrected chi connectivity index (χ3v) is 4.23. The molecule has 1 aromatic rings. The second kappa shape index (κ2) is 5.81. The van der Waals surface area contributed by atoms with Crippen molar-refractivity contribution in [2.75, 3.05) is 11.9 Å². The molecule has 2 rings (SSSR count). The lowest BCUT2D eigenvalue weighted by molar-refractivity contribution is 0.149. The number of benzene rings is 1. The van der Waals surface area contributed by atoms with Gasteiger partial charge in [-0.25, -0.2) is 0 Å². The number of nitrogens with zero attached hydrogens (tertiary/aromatic N) is 1. The SMILES string of the molecule is CC1CCCC(CO)(Nc2cccc(Cl)c2C#N)C1. The lowest BCUT2D eigenvalue weighted by atomic mass is 9.76. The molecule has 1 aliphatic rings. The first-order valence-corrected chi connectivity index (χ1v) is 7.06. The summed E-state index contributed by atoms with van der Waals surface area (Å²) in [6.45, 7) is 2.28. The topological polar surface area (TPSA) is 56.0 Å². The number of aliphatic hydroxyl groups is 1. The summed E-state index contributed by atoms with van der Waals surface area (Å²) in [5.74, 6) is 0.582. The van der Waals surface area contributed by atoms with Crippen molar-refractivity contribution in [2.24, 2.45) is 5.92 Å². The molecule has 1 saturated carbocycles. The minimum Gasteiger partial charge on any atom is -0.394 e. The Hall–Kier alpha value is -1.24. The number of halogens is 1. The van der Waals surface area contributed by atoms with Gasteiger partial charge in [0.05, 0.1) is 28.4 Å². The summed E-state index contributed by atoms with van der Waals surface area (Å²) in [5, 5.41) is 22.8. The number of rotatable bonds is 3. The van der Waals surface area contributed by atoms with Gasteiger partial charge in [-0.05, 0) is 30.9 Å². The number of nitrogens with one attached hydrogen (secondary N) is 1. The van der Waals surface area contributed by atoms with Crippen molar-refractivity contribution in [3.8, 4) is 6.07 Å². The lowest BCUT2D eigenvalue weighted by Crippen LogP contribution is -2.46. The summed E-state index contributed by atoms with van der Waals surface area (Å²) >= 11 is 6.04. The van der Waals surface area contributed by atoms with Crippen LogP contribution in [0.5, 0.6) is 0 Å². The van der Waals surface area contributed by atoms with Crippen LogP contribution in [0.3, 0.4) is 0 Å². The molecule has 19 heavy (non-hydrogen) atoms. The Morgan fingerprint density at radius 3 is 3.00 bits per heavy atom. The second-order valence-corrected chi connectivity index (χ2v) is 5.95. The van der Waals surface area contributed by atoms with Crippen LogP contribution in [0.25, 0.3) is 0 Å². The average Bonchev–Trinajstić information content (AvgIpc) is 2.39. The fraction of sp³-hybridized carbons (Fsp3) is 0.533. The van der Waals surface area contributed by atoms with Gasteiger partial charge in [0.25, 0.3) is 0 Å². The molecule has 0 aromatic heterocycles. The first-order chi connectivity index (χ1) is 9.10. The molecule has 0 saturated heterocycles. The first kappa shape index (κ1) is 14.2. The van der Waals surface area contributed by atoms with E-state index in [2.05, 4.69) is 18.3 Å². The highest BCUT2D eigenvalue weighted by Crippen LogP contribution is 2.36. The van der Waals surface area contributed by atoms with Crippen LogP contribution in [-0.4, -0.2) is 17.3 Å². The van der Waals surface area contributed by atoms with Crippen molar-refractivity contribution in [3.63, 3.8) is 0 Å². The Labute approximate surface area is 119 Å². The second-order valence-electron chi connectivity index (χ2n) is 5.54. The third kappa shape index (κ3) is 3.02. The van der Waals surface area contributed by atoms with Crippen LogP contribution < -0.4 is 5.32 Å². The molecule has 0 bridgehead atoms. The molecule has 102 valence electrons. The van der Waals surface area contributed by atoms with Crippen molar-refractivity contribution < 1.29 is 5.11 Å². The molecule has 2 N–H and O–H groups in total. The first-order valence-electron chi connectivity index (χ1n) is 6.68. The zero-order chi connectivity index (χ0) is 13.9. The molecule has 0 spiro atoms. The molecule has 3 nitrogen and oxygen atoms in total. The van der Waals surface area contributed by atoms with Gasteiger partial charge < -0.3 is 10.4 Å². The fourth-order valence-corrected chi connectivity index (χ4v) is 3.20. The Bertz CT molecular complexity index is 497. The predicted molar refractivity (Wildman–Crippen MR) is 77.2 cm³/mol. The standard InChI is InChI=1S/C15H19ClN2O/c1-11-4-3-7-15(8-11,10-19)18-14-6-2-5-13(16)12(14)9-17/h2,5-6,11,18-19H,3-4,7-8,10H2,1H3. The molecule has 0 heterocycles. The molecular weight excluding hydrogens is 260 g/mol. The van der Waals surface area contributed by atoms with Crippen LogP contribution in [0.1, 0.15) is 38.2 Å². The lowest BCUT2D eigenvalue weighted by Gasteiger charge is -2.40. The quantitative estimate of drug-likeness (QED) is 0.889. The zero-order valence-electron chi connectivity index (χ0n) is 11.1. The van der Waals surface area contributed by atoms with Gasteiger partial charge in [-0.2, -0.15) is 5.26 Å². The van der Waals surface area contributed by atoms with Gasteiger partial charge in [0.2, 0.25) is 0 Å². The number of aliphatic hydroxyl groups excluding tert-OH is 1. The Kier molecular flexibility index (Phi) is 4.34. The van der Waals surface area contributed by atoms with Gasteiger partial charge in [-0.1, -0.05) is 37.4 Å². The van der Waals surface area contributed by atoms with Crippen molar-refractivity contribution in [1.29, 1.82) is 5.26 Å². The van der Waals surface area contributed by atoms with Crippen LogP contribution in [0, 0.1) is 17.2 Å². The van der Waals surface area contributed by atoms with Crippen LogP contribution in [0.2, 0.25) is 5.02 Å². The molecule has 1 aromatic carbocycles. The van der Waals surface area contributed by atoms with Crippen molar-refractivity contribution in [2.45, 2.75) is 38.1 Å². The van der Waals surface area contributed by atoms with Gasteiger partial charge in [-0.3, -0.25) is 0 Å². The maximum absolute atomic E-state index is 9.78. The maximum atomic E-state index is 9.78. The van der Waals surface area contributed by atoms with E-state index in [1.807, 2.05) is 12.1 Å². The van der Waals surface area contributed by atoms with E-state index in [4.69, 9.17) is 11.6 Å². The highest BCUT2D eigenvalue weighted by Gasteiger charge is 2.34. The Morgan fingerprint density at radius 1 is 1.58 bits per heavy atom. The van der Waals surface area contributed by atoms with E-state index in [0.29, 0.717) is 16.5 Å². The molecule has 4 heteroatoms. The minimum atomic E-state index is -0.325. The van der Waals surface area contributed by atoms with E-state index < -0.39 is 0 Å².